The highest BCUT2D eigenvalue weighted by atomic mass is 32.1. The lowest BCUT2D eigenvalue weighted by molar-refractivity contribution is -0.143. The lowest BCUT2D eigenvalue weighted by atomic mass is 9.87. The van der Waals surface area contributed by atoms with Gasteiger partial charge in [-0.05, 0) is 91.4 Å². The minimum absolute atomic E-state index is 0.0196. The number of thiophene rings is 1. The van der Waals surface area contributed by atoms with Crippen molar-refractivity contribution in [2.45, 2.75) is 44.6 Å². The second kappa shape index (κ2) is 10.6. The van der Waals surface area contributed by atoms with Gasteiger partial charge in [-0.15, -0.1) is 11.3 Å². The Bertz CT molecular complexity index is 1130. The van der Waals surface area contributed by atoms with Gasteiger partial charge < -0.3 is 15.2 Å². The third kappa shape index (κ3) is 5.99. The molecule has 1 saturated carbocycles. The zero-order valence-corrected chi connectivity index (χ0v) is 19.1. The number of carbonyl (C=O) groups is 3. The molecule has 0 aliphatic heterocycles. The molecule has 6 nitrogen and oxygen atoms in total. The van der Waals surface area contributed by atoms with Crippen LogP contribution in [-0.2, 0) is 4.79 Å². The minimum Gasteiger partial charge on any atom is -0.490 e. The predicted molar refractivity (Wildman–Crippen MR) is 128 cm³/mol. The standard InChI is InChI=1S/C26H27NO5S/c28-23(2-1-14-27-25(29)20-7-12-24-19(16-20)13-15-33-24)17-3-8-21(9-4-17)32-22-10-5-18(6-11-22)26(30)31/h3-4,7-9,12-13,15-16,18,22H,1-2,5-6,10-11,14H2,(H,27,29)(H,30,31). The summed E-state index contributed by atoms with van der Waals surface area (Å²) < 4.78 is 7.11. The maximum atomic E-state index is 12.5. The molecule has 172 valence electrons. The van der Waals surface area contributed by atoms with Gasteiger partial charge in [0, 0.05) is 28.8 Å². The average Bonchev–Trinajstić information content (AvgIpc) is 3.30. The number of hydrogen-bond acceptors (Lipinski definition) is 5. The van der Waals surface area contributed by atoms with Crippen LogP contribution in [0.5, 0.6) is 5.75 Å². The van der Waals surface area contributed by atoms with E-state index in [1.54, 1.807) is 35.6 Å². The highest BCUT2D eigenvalue weighted by Gasteiger charge is 2.26. The van der Waals surface area contributed by atoms with E-state index >= 15 is 0 Å². The van der Waals surface area contributed by atoms with E-state index in [4.69, 9.17) is 9.84 Å². The Morgan fingerprint density at radius 2 is 1.70 bits per heavy atom. The fraction of sp³-hybridized carbons (Fsp3) is 0.346. The molecule has 0 spiro atoms. The van der Waals surface area contributed by atoms with Crippen molar-refractivity contribution in [2.24, 2.45) is 5.92 Å². The van der Waals surface area contributed by atoms with E-state index in [1.807, 2.05) is 29.6 Å². The predicted octanol–water partition coefficient (Wildman–Crippen LogP) is 5.32. The molecule has 4 rings (SSSR count). The second-order valence-corrected chi connectivity index (χ2v) is 9.36. The van der Waals surface area contributed by atoms with Crippen molar-refractivity contribution in [3.8, 4) is 5.75 Å². The zero-order valence-electron chi connectivity index (χ0n) is 18.3. The molecule has 1 amide bonds. The van der Waals surface area contributed by atoms with Gasteiger partial charge in [-0.25, -0.2) is 0 Å². The molecule has 2 N–H and O–H groups in total. The normalized spacial score (nSPS) is 18.1. The largest absolute Gasteiger partial charge is 0.490 e. The van der Waals surface area contributed by atoms with Crippen LogP contribution >= 0.6 is 11.3 Å². The molecule has 0 saturated heterocycles. The van der Waals surface area contributed by atoms with Gasteiger partial charge in [-0.1, -0.05) is 0 Å². The van der Waals surface area contributed by atoms with Crippen molar-refractivity contribution in [3.63, 3.8) is 0 Å². The zero-order chi connectivity index (χ0) is 23.2. The molecule has 1 aliphatic carbocycles. The Hall–Kier alpha value is -3.19. The number of aliphatic carboxylic acids is 1. The lowest BCUT2D eigenvalue weighted by Crippen LogP contribution is -2.27. The molecule has 33 heavy (non-hydrogen) atoms. The molecule has 1 fully saturated rings. The number of benzene rings is 2. The van der Waals surface area contributed by atoms with Crippen LogP contribution in [0, 0.1) is 5.92 Å². The van der Waals surface area contributed by atoms with Gasteiger partial charge in [0.2, 0.25) is 0 Å². The Morgan fingerprint density at radius 1 is 0.970 bits per heavy atom. The number of rotatable bonds is 9. The third-order valence-corrected chi connectivity index (χ3v) is 6.98. The van der Waals surface area contributed by atoms with E-state index in [0.717, 1.165) is 22.9 Å². The number of hydrogen-bond donors (Lipinski definition) is 2. The van der Waals surface area contributed by atoms with Crippen molar-refractivity contribution in [1.82, 2.24) is 5.32 Å². The molecule has 0 atom stereocenters. The quantitative estimate of drug-likeness (QED) is 0.330. The van der Waals surface area contributed by atoms with Gasteiger partial charge in [-0.3, -0.25) is 14.4 Å². The van der Waals surface area contributed by atoms with Crippen molar-refractivity contribution in [3.05, 3.63) is 65.0 Å². The number of carboxylic acid groups (broad SMARTS) is 1. The van der Waals surface area contributed by atoms with Gasteiger partial charge in [0.25, 0.3) is 5.91 Å². The Morgan fingerprint density at radius 3 is 2.42 bits per heavy atom. The summed E-state index contributed by atoms with van der Waals surface area (Å²) in [6.07, 6.45) is 3.66. The maximum absolute atomic E-state index is 12.5. The lowest BCUT2D eigenvalue weighted by Gasteiger charge is -2.26. The average molecular weight is 466 g/mol. The van der Waals surface area contributed by atoms with Crippen molar-refractivity contribution < 1.29 is 24.2 Å². The second-order valence-electron chi connectivity index (χ2n) is 8.41. The number of ketones is 1. The van der Waals surface area contributed by atoms with Crippen LogP contribution in [0.3, 0.4) is 0 Å². The maximum Gasteiger partial charge on any atom is 0.306 e. The Balaban J connectivity index is 1.19. The molecule has 0 bridgehead atoms. The summed E-state index contributed by atoms with van der Waals surface area (Å²) >= 11 is 1.64. The summed E-state index contributed by atoms with van der Waals surface area (Å²) in [6.45, 7) is 0.437. The van der Waals surface area contributed by atoms with Crippen LogP contribution in [0.1, 0.15) is 59.2 Å². The van der Waals surface area contributed by atoms with Crippen molar-refractivity contribution in [1.29, 1.82) is 0 Å². The molecular formula is C26H27NO5S. The van der Waals surface area contributed by atoms with Gasteiger partial charge in [-0.2, -0.15) is 0 Å². The van der Waals surface area contributed by atoms with Crippen molar-refractivity contribution in [2.75, 3.05) is 6.54 Å². The van der Waals surface area contributed by atoms with E-state index in [0.29, 0.717) is 49.1 Å². The number of carboxylic acids is 1. The summed E-state index contributed by atoms with van der Waals surface area (Å²) in [6, 6.07) is 14.7. The first-order valence-electron chi connectivity index (χ1n) is 11.3. The topological polar surface area (TPSA) is 92.7 Å². The van der Waals surface area contributed by atoms with Crippen LogP contribution in [-0.4, -0.2) is 35.4 Å². The van der Waals surface area contributed by atoms with Gasteiger partial charge in [0.15, 0.2) is 5.78 Å². The fourth-order valence-electron chi connectivity index (χ4n) is 4.14. The Labute approximate surface area is 196 Å². The van der Waals surface area contributed by atoms with E-state index < -0.39 is 5.97 Å². The van der Waals surface area contributed by atoms with Gasteiger partial charge in [0.1, 0.15) is 5.75 Å². The highest BCUT2D eigenvalue weighted by Crippen LogP contribution is 2.28. The number of carbonyl (C=O) groups excluding carboxylic acids is 2. The van der Waals surface area contributed by atoms with Gasteiger partial charge >= 0.3 is 5.97 Å². The molecule has 3 aromatic rings. The number of nitrogens with one attached hydrogen (secondary N) is 1. The highest BCUT2D eigenvalue weighted by molar-refractivity contribution is 7.17. The SMILES string of the molecule is O=C(CCCNC(=O)c1ccc2sccc2c1)c1ccc(OC2CCC(C(=O)O)CC2)cc1. The first kappa shape index (κ1) is 23.0. The minimum atomic E-state index is -0.726. The first-order chi connectivity index (χ1) is 16.0. The van der Waals surface area contributed by atoms with Crippen LogP contribution in [0.2, 0.25) is 0 Å². The van der Waals surface area contributed by atoms with Crippen LogP contribution in [0.15, 0.2) is 53.9 Å². The summed E-state index contributed by atoms with van der Waals surface area (Å²) in [5.41, 5.74) is 1.24. The number of amides is 1. The molecule has 7 heteroatoms. The smallest absolute Gasteiger partial charge is 0.306 e. The van der Waals surface area contributed by atoms with E-state index in [-0.39, 0.29) is 23.7 Å². The summed E-state index contributed by atoms with van der Waals surface area (Å²) in [5, 5.41) is 15.0. The monoisotopic (exact) mass is 465 g/mol. The molecule has 1 aliphatic rings. The summed E-state index contributed by atoms with van der Waals surface area (Å²) in [4.78, 5) is 35.9. The van der Waals surface area contributed by atoms with E-state index in [2.05, 4.69) is 5.32 Å². The molecule has 0 unspecified atom stereocenters. The number of Topliss-reactive ketones (excluding diaryl/α,β-unsaturated/α-hetero) is 1. The third-order valence-electron chi connectivity index (χ3n) is 6.08. The fourth-order valence-corrected chi connectivity index (χ4v) is 4.92. The van der Waals surface area contributed by atoms with Crippen molar-refractivity contribution >= 4 is 39.1 Å². The molecule has 1 heterocycles. The van der Waals surface area contributed by atoms with E-state index in [9.17, 15) is 14.4 Å². The summed E-state index contributed by atoms with van der Waals surface area (Å²) in [7, 11) is 0. The molecular weight excluding hydrogens is 438 g/mol. The van der Waals surface area contributed by atoms with Gasteiger partial charge in [0.05, 0.1) is 12.0 Å². The van der Waals surface area contributed by atoms with Crippen LogP contribution in [0.25, 0.3) is 10.1 Å². The molecule has 1 aromatic heterocycles. The molecule has 2 aromatic carbocycles. The van der Waals surface area contributed by atoms with Crippen LogP contribution < -0.4 is 10.1 Å². The number of ether oxygens (including phenoxy) is 1. The Kier molecular flexibility index (Phi) is 7.40. The molecule has 0 radical (unpaired) electrons. The first-order valence-corrected chi connectivity index (χ1v) is 12.2. The number of fused-ring (bicyclic) bond motifs is 1. The van der Waals surface area contributed by atoms with Crippen LogP contribution in [0.4, 0.5) is 0 Å². The summed E-state index contributed by atoms with van der Waals surface area (Å²) in [5.74, 6) is -0.401. The van der Waals surface area contributed by atoms with E-state index in [1.165, 1.54) is 0 Å².